The molecular formula is C22H18BrNO5S. The molecule has 1 aromatic heterocycles. The maximum absolute atomic E-state index is 12.9. The summed E-state index contributed by atoms with van der Waals surface area (Å²) in [6, 6.07) is 14.8. The van der Waals surface area contributed by atoms with Crippen molar-refractivity contribution in [1.82, 2.24) is 0 Å². The monoisotopic (exact) mass is 487 g/mol. The zero-order chi connectivity index (χ0) is 21.3. The van der Waals surface area contributed by atoms with Crippen LogP contribution in [-0.4, -0.2) is 31.7 Å². The van der Waals surface area contributed by atoms with Crippen LogP contribution >= 0.6 is 27.3 Å². The summed E-state index contributed by atoms with van der Waals surface area (Å²) in [4.78, 5) is 26.4. The number of para-hydroxylation sites is 2. The van der Waals surface area contributed by atoms with Crippen molar-refractivity contribution in [1.29, 1.82) is 0 Å². The molecule has 6 nitrogen and oxygen atoms in total. The van der Waals surface area contributed by atoms with Gasteiger partial charge < -0.3 is 19.5 Å². The first kappa shape index (κ1) is 20.4. The van der Waals surface area contributed by atoms with Crippen molar-refractivity contribution in [3.05, 3.63) is 63.4 Å². The van der Waals surface area contributed by atoms with Crippen molar-refractivity contribution in [2.75, 3.05) is 19.0 Å². The topological polar surface area (TPSA) is 73.9 Å². The van der Waals surface area contributed by atoms with E-state index in [1.54, 1.807) is 12.1 Å². The van der Waals surface area contributed by atoms with Gasteiger partial charge in [0.25, 0.3) is 5.91 Å². The number of aryl methyl sites for hydroxylation is 1. The molecule has 1 atom stereocenters. The first-order chi connectivity index (χ1) is 14.5. The van der Waals surface area contributed by atoms with E-state index in [1.807, 2.05) is 43.3 Å². The minimum atomic E-state index is -0.830. The van der Waals surface area contributed by atoms with E-state index in [1.165, 1.54) is 18.4 Å². The van der Waals surface area contributed by atoms with Crippen LogP contribution in [0.5, 0.6) is 11.5 Å². The summed E-state index contributed by atoms with van der Waals surface area (Å²) in [5.74, 6) is 0.202. The highest BCUT2D eigenvalue weighted by atomic mass is 79.9. The summed E-state index contributed by atoms with van der Waals surface area (Å²) >= 11 is 4.74. The Kier molecular flexibility index (Phi) is 5.78. The molecule has 0 bridgehead atoms. The summed E-state index contributed by atoms with van der Waals surface area (Å²) < 4.78 is 17.3. The maximum Gasteiger partial charge on any atom is 0.341 e. The highest BCUT2D eigenvalue weighted by molar-refractivity contribution is 9.10. The zero-order valence-electron chi connectivity index (χ0n) is 16.2. The first-order valence-corrected chi connectivity index (χ1v) is 10.8. The number of amides is 1. The normalized spacial score (nSPS) is 14.8. The van der Waals surface area contributed by atoms with Crippen LogP contribution in [0.15, 0.2) is 53.0 Å². The second-order valence-corrected chi connectivity index (χ2v) is 8.73. The van der Waals surface area contributed by atoms with Crippen LogP contribution in [0.4, 0.5) is 5.00 Å². The standard InChI is InChI=1S/C22H18BrNO5S/c1-12-18(13-7-9-14(23)10-8-13)19(22(26)27-2)21(30-12)24-20(25)17-11-28-15-5-3-4-6-16(15)29-17/h3-10,17H,11H2,1-2H3,(H,24,25). The summed E-state index contributed by atoms with van der Waals surface area (Å²) in [6.07, 6.45) is -0.830. The Bertz CT molecular complexity index is 1110. The number of rotatable bonds is 4. The summed E-state index contributed by atoms with van der Waals surface area (Å²) in [5, 5.41) is 3.25. The van der Waals surface area contributed by atoms with E-state index >= 15 is 0 Å². The lowest BCUT2D eigenvalue weighted by Gasteiger charge is -2.25. The zero-order valence-corrected chi connectivity index (χ0v) is 18.6. The summed E-state index contributed by atoms with van der Waals surface area (Å²) in [7, 11) is 1.32. The van der Waals surface area contributed by atoms with E-state index in [-0.39, 0.29) is 6.61 Å². The molecule has 4 rings (SSSR count). The van der Waals surface area contributed by atoms with Crippen LogP contribution < -0.4 is 14.8 Å². The van der Waals surface area contributed by atoms with Gasteiger partial charge in [-0.25, -0.2) is 4.79 Å². The Morgan fingerprint density at radius 3 is 2.53 bits per heavy atom. The van der Waals surface area contributed by atoms with Gasteiger partial charge >= 0.3 is 5.97 Å². The number of hydrogen-bond donors (Lipinski definition) is 1. The van der Waals surface area contributed by atoms with Crippen LogP contribution in [0.3, 0.4) is 0 Å². The quantitative estimate of drug-likeness (QED) is 0.521. The molecule has 8 heteroatoms. The predicted octanol–water partition coefficient (Wildman–Crippen LogP) is 5.05. The Balaban J connectivity index is 1.64. The molecular weight excluding hydrogens is 470 g/mol. The molecule has 1 unspecified atom stereocenters. The molecule has 1 amide bonds. The first-order valence-electron chi connectivity index (χ1n) is 9.15. The highest BCUT2D eigenvalue weighted by Gasteiger charge is 2.31. The molecule has 2 heterocycles. The van der Waals surface area contributed by atoms with Crippen molar-refractivity contribution in [2.45, 2.75) is 13.0 Å². The van der Waals surface area contributed by atoms with E-state index in [0.29, 0.717) is 22.1 Å². The van der Waals surface area contributed by atoms with Gasteiger partial charge in [-0.2, -0.15) is 0 Å². The number of benzene rings is 2. The SMILES string of the molecule is COC(=O)c1c(NC(=O)C2COc3ccccc3O2)sc(C)c1-c1ccc(Br)cc1. The van der Waals surface area contributed by atoms with Gasteiger partial charge in [0.2, 0.25) is 6.10 Å². The van der Waals surface area contributed by atoms with E-state index in [4.69, 9.17) is 14.2 Å². The maximum atomic E-state index is 12.9. The van der Waals surface area contributed by atoms with Gasteiger partial charge in [-0.15, -0.1) is 11.3 Å². The molecule has 154 valence electrons. The Hall–Kier alpha value is -2.84. The van der Waals surface area contributed by atoms with Crippen molar-refractivity contribution in [2.24, 2.45) is 0 Å². The third-order valence-corrected chi connectivity index (χ3v) is 6.19. The van der Waals surface area contributed by atoms with Gasteiger partial charge in [0, 0.05) is 14.9 Å². The van der Waals surface area contributed by atoms with Crippen LogP contribution in [0.1, 0.15) is 15.2 Å². The fourth-order valence-corrected chi connectivity index (χ4v) is 4.57. The van der Waals surface area contributed by atoms with Gasteiger partial charge in [0.1, 0.15) is 17.2 Å². The molecule has 3 aromatic rings. The molecule has 0 aliphatic carbocycles. The minimum Gasteiger partial charge on any atom is -0.485 e. The van der Waals surface area contributed by atoms with Crippen LogP contribution in [0.25, 0.3) is 11.1 Å². The van der Waals surface area contributed by atoms with Crippen molar-refractivity contribution in [3.8, 4) is 22.6 Å². The summed E-state index contributed by atoms with van der Waals surface area (Å²) in [5.41, 5.74) is 1.92. The van der Waals surface area contributed by atoms with E-state index in [9.17, 15) is 9.59 Å². The van der Waals surface area contributed by atoms with E-state index < -0.39 is 18.0 Å². The molecule has 0 saturated heterocycles. The Morgan fingerprint density at radius 2 is 1.83 bits per heavy atom. The Labute approximate surface area is 185 Å². The molecule has 1 N–H and O–H groups in total. The predicted molar refractivity (Wildman–Crippen MR) is 119 cm³/mol. The average molecular weight is 488 g/mol. The molecule has 0 fully saturated rings. The number of hydrogen-bond acceptors (Lipinski definition) is 6. The van der Waals surface area contributed by atoms with Crippen LogP contribution in [-0.2, 0) is 9.53 Å². The third kappa shape index (κ3) is 3.93. The second kappa shape index (κ2) is 8.49. The minimum absolute atomic E-state index is 0.0837. The molecule has 0 radical (unpaired) electrons. The molecule has 0 spiro atoms. The number of methoxy groups -OCH3 is 1. The lowest BCUT2D eigenvalue weighted by Crippen LogP contribution is -2.40. The number of carbonyl (C=O) groups excluding carboxylic acids is 2. The fourth-order valence-electron chi connectivity index (χ4n) is 3.23. The largest absolute Gasteiger partial charge is 0.485 e. The van der Waals surface area contributed by atoms with Gasteiger partial charge in [0.15, 0.2) is 11.5 Å². The lowest BCUT2D eigenvalue weighted by atomic mass is 10.0. The molecule has 1 aliphatic heterocycles. The number of carbonyl (C=O) groups is 2. The van der Waals surface area contributed by atoms with E-state index in [0.717, 1.165) is 20.5 Å². The highest BCUT2D eigenvalue weighted by Crippen LogP contribution is 2.41. The number of halogens is 1. The van der Waals surface area contributed by atoms with Gasteiger partial charge in [-0.05, 0) is 36.8 Å². The number of thiophene rings is 1. The van der Waals surface area contributed by atoms with Gasteiger partial charge in [-0.1, -0.05) is 40.2 Å². The number of nitrogens with one attached hydrogen (secondary N) is 1. The number of ether oxygens (including phenoxy) is 3. The second-order valence-electron chi connectivity index (χ2n) is 6.59. The molecule has 2 aromatic carbocycles. The van der Waals surface area contributed by atoms with Crippen molar-refractivity contribution < 1.29 is 23.8 Å². The number of fused-ring (bicyclic) bond motifs is 1. The summed E-state index contributed by atoms with van der Waals surface area (Å²) in [6.45, 7) is 1.99. The Morgan fingerprint density at radius 1 is 1.13 bits per heavy atom. The molecule has 1 aliphatic rings. The van der Waals surface area contributed by atoms with E-state index in [2.05, 4.69) is 21.2 Å². The lowest BCUT2D eigenvalue weighted by molar-refractivity contribution is -0.125. The van der Waals surface area contributed by atoms with Gasteiger partial charge in [-0.3, -0.25) is 4.79 Å². The average Bonchev–Trinajstić information content (AvgIpc) is 3.08. The van der Waals surface area contributed by atoms with Crippen LogP contribution in [0, 0.1) is 6.92 Å². The van der Waals surface area contributed by atoms with Crippen molar-refractivity contribution >= 4 is 44.1 Å². The fraction of sp³-hybridized carbons (Fsp3) is 0.182. The van der Waals surface area contributed by atoms with Gasteiger partial charge in [0.05, 0.1) is 7.11 Å². The molecule has 0 saturated carbocycles. The number of anilines is 1. The van der Waals surface area contributed by atoms with Crippen LogP contribution in [0.2, 0.25) is 0 Å². The number of esters is 1. The molecule has 30 heavy (non-hydrogen) atoms. The third-order valence-electron chi connectivity index (χ3n) is 4.64. The smallest absolute Gasteiger partial charge is 0.341 e. The van der Waals surface area contributed by atoms with Crippen molar-refractivity contribution in [3.63, 3.8) is 0 Å².